The Kier molecular flexibility index (Phi) is 4.19. The van der Waals surface area contributed by atoms with Crippen LogP contribution in [-0.2, 0) is 11.2 Å². The number of aromatic nitrogens is 1. The van der Waals surface area contributed by atoms with E-state index in [0.717, 1.165) is 16.9 Å². The first-order valence-electron chi connectivity index (χ1n) is 8.81. The van der Waals surface area contributed by atoms with E-state index in [-0.39, 0.29) is 11.6 Å². The van der Waals surface area contributed by atoms with Gasteiger partial charge in [-0.2, -0.15) is 0 Å². The smallest absolute Gasteiger partial charge is 0.278 e. The van der Waals surface area contributed by atoms with E-state index in [2.05, 4.69) is 10.3 Å². The molecule has 0 spiro atoms. The molecule has 4 rings (SSSR count). The highest BCUT2D eigenvalue weighted by Crippen LogP contribution is 2.34. The van der Waals surface area contributed by atoms with Crippen molar-refractivity contribution >= 4 is 39.6 Å². The van der Waals surface area contributed by atoms with Crippen molar-refractivity contribution in [2.45, 2.75) is 19.8 Å². The minimum atomic E-state index is -0.400. The standard InChI is InChI=1S/C20H18N4O3/c1-2-23-17-8-6-14(12-13(17)5-10-19(23)25)22-16-7-9-18(24(26)27)15-4-3-11-21-20(15)16/h3-4,6-9,11-12,22H,2,5,10H2,1H3. The zero-order chi connectivity index (χ0) is 19.0. The summed E-state index contributed by atoms with van der Waals surface area (Å²) in [4.78, 5) is 29.0. The SMILES string of the molecule is CCN1C(=O)CCc2cc(Nc3ccc([N+](=O)[O-])c4cccnc34)ccc21. The van der Waals surface area contributed by atoms with Crippen molar-refractivity contribution in [1.29, 1.82) is 0 Å². The van der Waals surface area contributed by atoms with E-state index in [1.807, 2.05) is 25.1 Å². The van der Waals surface area contributed by atoms with E-state index in [1.165, 1.54) is 6.07 Å². The molecule has 0 saturated heterocycles. The number of nitrogens with zero attached hydrogens (tertiary/aromatic N) is 3. The summed E-state index contributed by atoms with van der Waals surface area (Å²) in [5, 5.41) is 15.1. The monoisotopic (exact) mass is 362 g/mol. The molecule has 0 fully saturated rings. The number of hydrogen-bond acceptors (Lipinski definition) is 5. The second-order valence-corrected chi connectivity index (χ2v) is 6.40. The summed E-state index contributed by atoms with van der Waals surface area (Å²) in [6.07, 6.45) is 2.83. The molecule has 2 aromatic carbocycles. The lowest BCUT2D eigenvalue weighted by Gasteiger charge is -2.28. The molecule has 0 bridgehead atoms. The fraction of sp³-hybridized carbons (Fsp3) is 0.200. The van der Waals surface area contributed by atoms with Gasteiger partial charge in [0.15, 0.2) is 0 Å². The molecule has 1 aliphatic rings. The highest BCUT2D eigenvalue weighted by Gasteiger charge is 2.23. The van der Waals surface area contributed by atoms with Crippen molar-refractivity contribution in [3.05, 3.63) is 64.3 Å². The van der Waals surface area contributed by atoms with E-state index in [9.17, 15) is 14.9 Å². The van der Waals surface area contributed by atoms with Gasteiger partial charge in [0.25, 0.3) is 5.69 Å². The zero-order valence-corrected chi connectivity index (χ0v) is 14.8. The topological polar surface area (TPSA) is 88.4 Å². The van der Waals surface area contributed by atoms with Crippen molar-refractivity contribution in [1.82, 2.24) is 4.98 Å². The van der Waals surface area contributed by atoms with Crippen molar-refractivity contribution in [3.63, 3.8) is 0 Å². The second-order valence-electron chi connectivity index (χ2n) is 6.40. The normalized spacial score (nSPS) is 13.5. The number of carbonyl (C=O) groups is 1. The minimum absolute atomic E-state index is 0.0335. The fourth-order valence-electron chi connectivity index (χ4n) is 3.56. The quantitative estimate of drug-likeness (QED) is 0.555. The third kappa shape index (κ3) is 2.97. The Morgan fingerprint density at radius 3 is 2.85 bits per heavy atom. The molecular weight excluding hydrogens is 344 g/mol. The van der Waals surface area contributed by atoms with Gasteiger partial charge in [-0.05, 0) is 55.3 Å². The molecule has 2 heterocycles. The zero-order valence-electron chi connectivity index (χ0n) is 14.8. The molecule has 1 N–H and O–H groups in total. The number of hydrogen-bond donors (Lipinski definition) is 1. The maximum atomic E-state index is 12.0. The molecule has 0 atom stereocenters. The van der Waals surface area contributed by atoms with Crippen molar-refractivity contribution in [2.75, 3.05) is 16.8 Å². The average molecular weight is 362 g/mol. The third-order valence-corrected chi connectivity index (χ3v) is 4.82. The number of amides is 1. The first-order valence-corrected chi connectivity index (χ1v) is 8.81. The number of carbonyl (C=O) groups excluding carboxylic acids is 1. The number of non-ortho nitro benzene ring substituents is 1. The Morgan fingerprint density at radius 2 is 2.07 bits per heavy atom. The first-order chi connectivity index (χ1) is 13.1. The number of benzene rings is 2. The van der Waals surface area contributed by atoms with Crippen molar-refractivity contribution in [3.8, 4) is 0 Å². The van der Waals surface area contributed by atoms with E-state index >= 15 is 0 Å². The summed E-state index contributed by atoms with van der Waals surface area (Å²) >= 11 is 0. The molecule has 7 heteroatoms. The predicted octanol–water partition coefficient (Wildman–Crippen LogP) is 4.19. The van der Waals surface area contributed by atoms with E-state index in [1.54, 1.807) is 29.3 Å². The Morgan fingerprint density at radius 1 is 1.22 bits per heavy atom. The Balaban J connectivity index is 1.72. The Labute approximate surface area is 155 Å². The van der Waals surface area contributed by atoms with Gasteiger partial charge in [-0.1, -0.05) is 0 Å². The number of rotatable bonds is 4. The summed E-state index contributed by atoms with van der Waals surface area (Å²) in [6.45, 7) is 2.61. The number of pyridine rings is 1. The lowest BCUT2D eigenvalue weighted by Crippen LogP contribution is -2.34. The maximum absolute atomic E-state index is 12.0. The Hall–Kier alpha value is -3.48. The van der Waals surface area contributed by atoms with Crippen LogP contribution in [0, 0.1) is 10.1 Å². The predicted molar refractivity (Wildman–Crippen MR) is 104 cm³/mol. The van der Waals surface area contributed by atoms with Gasteiger partial charge in [0, 0.05) is 36.6 Å². The lowest BCUT2D eigenvalue weighted by molar-refractivity contribution is -0.383. The third-order valence-electron chi connectivity index (χ3n) is 4.82. The van der Waals surface area contributed by atoms with Crippen molar-refractivity contribution < 1.29 is 9.72 Å². The minimum Gasteiger partial charge on any atom is -0.354 e. The molecule has 1 amide bonds. The van der Waals surface area contributed by atoms with E-state index in [0.29, 0.717) is 36.0 Å². The molecule has 0 saturated carbocycles. The first kappa shape index (κ1) is 17.0. The molecular formula is C20H18N4O3. The molecule has 0 unspecified atom stereocenters. The van der Waals surface area contributed by atoms with Gasteiger partial charge in [-0.3, -0.25) is 19.9 Å². The molecule has 7 nitrogen and oxygen atoms in total. The van der Waals surface area contributed by atoms with E-state index in [4.69, 9.17) is 0 Å². The molecule has 1 aliphatic heterocycles. The Bertz CT molecular complexity index is 1060. The van der Waals surface area contributed by atoms with Gasteiger partial charge in [-0.15, -0.1) is 0 Å². The maximum Gasteiger partial charge on any atom is 0.278 e. The summed E-state index contributed by atoms with van der Waals surface area (Å²) in [5.74, 6) is 0.149. The molecule has 136 valence electrons. The van der Waals surface area contributed by atoms with Crippen LogP contribution in [0.4, 0.5) is 22.7 Å². The van der Waals surface area contributed by atoms with Crippen LogP contribution < -0.4 is 10.2 Å². The number of nitro groups is 1. The number of nitro benzene ring substituents is 1. The summed E-state index contributed by atoms with van der Waals surface area (Å²) in [6, 6.07) is 12.4. The van der Waals surface area contributed by atoms with Crippen LogP contribution in [0.15, 0.2) is 48.7 Å². The van der Waals surface area contributed by atoms with Crippen LogP contribution in [0.3, 0.4) is 0 Å². The van der Waals surface area contributed by atoms with E-state index < -0.39 is 4.92 Å². The number of anilines is 3. The van der Waals surface area contributed by atoms with Gasteiger partial charge in [0.05, 0.1) is 16.0 Å². The second kappa shape index (κ2) is 6.68. The van der Waals surface area contributed by atoms with Crippen LogP contribution >= 0.6 is 0 Å². The largest absolute Gasteiger partial charge is 0.354 e. The highest BCUT2D eigenvalue weighted by atomic mass is 16.6. The average Bonchev–Trinajstić information content (AvgIpc) is 2.68. The van der Waals surface area contributed by atoms with Crippen LogP contribution in [0.5, 0.6) is 0 Å². The molecule has 0 radical (unpaired) electrons. The number of fused-ring (bicyclic) bond motifs is 2. The van der Waals surface area contributed by atoms with Gasteiger partial charge in [-0.25, -0.2) is 0 Å². The summed E-state index contributed by atoms with van der Waals surface area (Å²) in [5.41, 5.74) is 4.21. The molecule has 0 aliphatic carbocycles. The van der Waals surface area contributed by atoms with Gasteiger partial charge < -0.3 is 10.2 Å². The summed E-state index contributed by atoms with van der Waals surface area (Å²) in [7, 11) is 0. The van der Waals surface area contributed by atoms with Crippen LogP contribution in [0.1, 0.15) is 18.9 Å². The molecule has 1 aromatic heterocycles. The highest BCUT2D eigenvalue weighted by molar-refractivity contribution is 5.99. The van der Waals surface area contributed by atoms with Gasteiger partial charge in [0.2, 0.25) is 5.91 Å². The fourth-order valence-corrected chi connectivity index (χ4v) is 3.56. The van der Waals surface area contributed by atoms with Gasteiger partial charge >= 0.3 is 0 Å². The van der Waals surface area contributed by atoms with Crippen molar-refractivity contribution in [2.24, 2.45) is 0 Å². The lowest BCUT2D eigenvalue weighted by atomic mass is 10.0. The summed E-state index contributed by atoms with van der Waals surface area (Å²) < 4.78 is 0. The van der Waals surface area contributed by atoms with Crippen LogP contribution in [0.2, 0.25) is 0 Å². The molecule has 3 aromatic rings. The van der Waals surface area contributed by atoms with Gasteiger partial charge in [0.1, 0.15) is 5.52 Å². The number of aryl methyl sites for hydroxylation is 1. The van der Waals surface area contributed by atoms with Crippen LogP contribution in [0.25, 0.3) is 10.9 Å². The van der Waals surface area contributed by atoms with Crippen LogP contribution in [-0.4, -0.2) is 22.4 Å². The number of nitrogens with one attached hydrogen (secondary N) is 1. The molecule has 27 heavy (non-hydrogen) atoms.